The van der Waals surface area contributed by atoms with Crippen molar-refractivity contribution in [1.29, 1.82) is 0 Å². The van der Waals surface area contributed by atoms with E-state index in [-0.39, 0.29) is 0 Å². The molecule has 2 aromatic rings. The number of hydrogen-bond acceptors (Lipinski definition) is 4. The Morgan fingerprint density at radius 3 is 3.00 bits per heavy atom. The monoisotopic (exact) mass is 197 g/mol. The average molecular weight is 198 g/mol. The van der Waals surface area contributed by atoms with Crippen LogP contribution in [-0.2, 0) is 6.54 Å². The van der Waals surface area contributed by atoms with Crippen molar-refractivity contribution in [2.75, 3.05) is 6.54 Å². The highest BCUT2D eigenvalue weighted by atomic mass is 35.5. The lowest BCUT2D eigenvalue weighted by Gasteiger charge is -1.98. The van der Waals surface area contributed by atoms with Crippen molar-refractivity contribution < 1.29 is 0 Å². The van der Waals surface area contributed by atoms with Crippen LogP contribution in [0.1, 0.15) is 0 Å². The zero-order valence-corrected chi connectivity index (χ0v) is 7.57. The van der Waals surface area contributed by atoms with E-state index in [1.165, 1.54) is 6.33 Å². The molecule has 0 unspecified atom stereocenters. The third kappa shape index (κ3) is 1.36. The van der Waals surface area contributed by atoms with Gasteiger partial charge in [-0.15, -0.1) is 0 Å². The summed E-state index contributed by atoms with van der Waals surface area (Å²) in [4.78, 5) is 12.0. The summed E-state index contributed by atoms with van der Waals surface area (Å²) in [5, 5.41) is 0.376. The maximum absolute atomic E-state index is 5.81. The van der Waals surface area contributed by atoms with E-state index in [1.807, 2.05) is 4.57 Å². The maximum Gasteiger partial charge on any atom is 0.164 e. The number of rotatable bonds is 2. The van der Waals surface area contributed by atoms with Crippen LogP contribution in [0.5, 0.6) is 0 Å². The minimum absolute atomic E-state index is 0.376. The van der Waals surface area contributed by atoms with E-state index < -0.39 is 0 Å². The highest BCUT2D eigenvalue weighted by Gasteiger charge is 2.06. The maximum atomic E-state index is 5.81. The topological polar surface area (TPSA) is 69.6 Å². The van der Waals surface area contributed by atoms with Gasteiger partial charge >= 0.3 is 0 Å². The summed E-state index contributed by atoms with van der Waals surface area (Å²) in [7, 11) is 0. The first-order valence-corrected chi connectivity index (χ1v) is 4.22. The molecule has 0 aliphatic rings. The molecule has 2 N–H and O–H groups in total. The first-order valence-electron chi connectivity index (χ1n) is 3.84. The van der Waals surface area contributed by atoms with E-state index in [9.17, 15) is 0 Å². The summed E-state index contributed by atoms with van der Waals surface area (Å²) >= 11 is 5.81. The molecule has 68 valence electrons. The van der Waals surface area contributed by atoms with Crippen LogP contribution in [0.3, 0.4) is 0 Å². The summed E-state index contributed by atoms with van der Waals surface area (Å²) in [6.07, 6.45) is 3.08. The Hall–Kier alpha value is -1.20. The zero-order valence-electron chi connectivity index (χ0n) is 6.81. The Morgan fingerprint density at radius 1 is 1.38 bits per heavy atom. The number of fused-ring (bicyclic) bond motifs is 1. The summed E-state index contributed by atoms with van der Waals surface area (Å²) in [5.41, 5.74) is 6.77. The van der Waals surface area contributed by atoms with Crippen LogP contribution in [0, 0.1) is 0 Å². The molecule has 0 saturated heterocycles. The Kier molecular flexibility index (Phi) is 2.12. The molecule has 0 spiro atoms. The van der Waals surface area contributed by atoms with Gasteiger partial charge in [0.05, 0.1) is 6.33 Å². The number of imidazole rings is 1. The van der Waals surface area contributed by atoms with Crippen molar-refractivity contribution in [3.05, 3.63) is 17.8 Å². The quantitative estimate of drug-likeness (QED) is 0.710. The molecule has 0 aliphatic heterocycles. The van der Waals surface area contributed by atoms with E-state index in [0.717, 1.165) is 5.65 Å². The van der Waals surface area contributed by atoms with Crippen LogP contribution >= 0.6 is 11.6 Å². The second-order valence-corrected chi connectivity index (χ2v) is 2.92. The summed E-state index contributed by atoms with van der Waals surface area (Å²) in [6, 6.07) is 0. The molecular weight excluding hydrogens is 190 g/mol. The van der Waals surface area contributed by atoms with Gasteiger partial charge in [0, 0.05) is 13.1 Å². The largest absolute Gasteiger partial charge is 0.329 e. The fourth-order valence-electron chi connectivity index (χ4n) is 1.15. The van der Waals surface area contributed by atoms with Crippen molar-refractivity contribution >= 4 is 22.8 Å². The summed E-state index contributed by atoms with van der Waals surface area (Å²) in [5.74, 6) is 0. The Labute approximate surface area is 79.6 Å². The molecule has 0 atom stereocenters. The number of nitrogens with two attached hydrogens (primary N) is 1. The van der Waals surface area contributed by atoms with E-state index in [2.05, 4.69) is 15.0 Å². The molecule has 0 aromatic carbocycles. The van der Waals surface area contributed by atoms with Crippen molar-refractivity contribution in [1.82, 2.24) is 19.5 Å². The number of aromatic nitrogens is 4. The van der Waals surface area contributed by atoms with Gasteiger partial charge in [-0.1, -0.05) is 11.6 Å². The standard InChI is InChI=1S/C7H8ClN5/c8-6-5-7(11-3-10-6)13(2-1-9)4-12-5/h3-4H,1-2,9H2. The first-order chi connectivity index (χ1) is 6.33. The van der Waals surface area contributed by atoms with Gasteiger partial charge < -0.3 is 10.3 Å². The molecule has 0 fully saturated rings. The molecule has 6 heteroatoms. The zero-order chi connectivity index (χ0) is 9.26. The first kappa shape index (κ1) is 8.40. The molecule has 0 amide bonds. The van der Waals surface area contributed by atoms with Gasteiger partial charge in [0.15, 0.2) is 10.8 Å². The van der Waals surface area contributed by atoms with Crippen molar-refractivity contribution in [2.45, 2.75) is 6.54 Å². The van der Waals surface area contributed by atoms with Gasteiger partial charge in [-0.2, -0.15) is 0 Å². The van der Waals surface area contributed by atoms with Crippen LogP contribution in [0.15, 0.2) is 12.7 Å². The molecule has 0 radical (unpaired) electrons. The van der Waals surface area contributed by atoms with Crippen LogP contribution in [0.2, 0.25) is 5.15 Å². The van der Waals surface area contributed by atoms with Gasteiger partial charge in [-0.25, -0.2) is 15.0 Å². The van der Waals surface area contributed by atoms with Crippen molar-refractivity contribution in [3.63, 3.8) is 0 Å². The lowest BCUT2D eigenvalue weighted by atomic mass is 10.5. The Morgan fingerprint density at radius 2 is 2.23 bits per heavy atom. The van der Waals surface area contributed by atoms with E-state index in [4.69, 9.17) is 17.3 Å². The average Bonchev–Trinajstić information content (AvgIpc) is 2.51. The molecule has 0 aliphatic carbocycles. The third-order valence-corrected chi connectivity index (χ3v) is 2.00. The minimum atomic E-state index is 0.376. The highest BCUT2D eigenvalue weighted by molar-refractivity contribution is 6.33. The van der Waals surface area contributed by atoms with Crippen LogP contribution in [0.25, 0.3) is 11.2 Å². The molecule has 2 aromatic heterocycles. The van der Waals surface area contributed by atoms with E-state index in [0.29, 0.717) is 23.8 Å². The van der Waals surface area contributed by atoms with E-state index >= 15 is 0 Å². The third-order valence-electron chi connectivity index (χ3n) is 1.73. The molecule has 13 heavy (non-hydrogen) atoms. The predicted molar refractivity (Wildman–Crippen MR) is 49.4 cm³/mol. The summed E-state index contributed by atoms with van der Waals surface area (Å²) < 4.78 is 1.85. The molecular formula is C7H8ClN5. The van der Waals surface area contributed by atoms with Crippen molar-refractivity contribution in [2.24, 2.45) is 5.73 Å². The van der Waals surface area contributed by atoms with E-state index in [1.54, 1.807) is 6.33 Å². The molecule has 5 nitrogen and oxygen atoms in total. The van der Waals surface area contributed by atoms with Crippen molar-refractivity contribution in [3.8, 4) is 0 Å². The minimum Gasteiger partial charge on any atom is -0.329 e. The van der Waals surface area contributed by atoms with Gasteiger partial charge in [0.2, 0.25) is 0 Å². The number of nitrogens with zero attached hydrogens (tertiary/aromatic N) is 4. The summed E-state index contributed by atoms with van der Waals surface area (Å²) in [6.45, 7) is 1.23. The van der Waals surface area contributed by atoms with Gasteiger partial charge in [-0.05, 0) is 0 Å². The predicted octanol–water partition coefficient (Wildman–Crippen LogP) is 0.438. The normalized spacial score (nSPS) is 10.9. The highest BCUT2D eigenvalue weighted by Crippen LogP contribution is 2.16. The van der Waals surface area contributed by atoms with Crippen LogP contribution < -0.4 is 5.73 Å². The smallest absolute Gasteiger partial charge is 0.164 e. The lowest BCUT2D eigenvalue weighted by Crippen LogP contribution is -2.09. The van der Waals surface area contributed by atoms with Gasteiger partial charge in [0.1, 0.15) is 11.8 Å². The molecule has 2 heterocycles. The Balaban J connectivity index is 2.61. The number of halogens is 1. The molecule has 0 bridgehead atoms. The molecule has 2 rings (SSSR count). The van der Waals surface area contributed by atoms with Gasteiger partial charge in [-0.3, -0.25) is 0 Å². The molecule has 0 saturated carbocycles. The fraction of sp³-hybridized carbons (Fsp3) is 0.286. The SMILES string of the molecule is NCCn1cnc2c(Cl)ncnc21. The second kappa shape index (κ2) is 3.27. The number of hydrogen-bond donors (Lipinski definition) is 1. The fourth-order valence-corrected chi connectivity index (χ4v) is 1.33. The van der Waals surface area contributed by atoms with Crippen LogP contribution in [0.4, 0.5) is 0 Å². The van der Waals surface area contributed by atoms with Crippen LogP contribution in [-0.4, -0.2) is 26.1 Å². The second-order valence-electron chi connectivity index (χ2n) is 2.56. The van der Waals surface area contributed by atoms with Gasteiger partial charge in [0.25, 0.3) is 0 Å². The lowest BCUT2D eigenvalue weighted by molar-refractivity contribution is 0.721. The Bertz CT molecular complexity index is 424.